The van der Waals surface area contributed by atoms with E-state index in [4.69, 9.17) is 17.3 Å². The summed E-state index contributed by atoms with van der Waals surface area (Å²) in [7, 11) is 0. The summed E-state index contributed by atoms with van der Waals surface area (Å²) in [6.07, 6.45) is 1.16. The molecule has 21 heavy (non-hydrogen) atoms. The predicted octanol–water partition coefficient (Wildman–Crippen LogP) is 2.62. The van der Waals surface area contributed by atoms with Crippen molar-refractivity contribution in [3.05, 3.63) is 57.0 Å². The van der Waals surface area contributed by atoms with Crippen LogP contribution >= 0.6 is 11.6 Å². The molecule has 0 atom stereocenters. The van der Waals surface area contributed by atoms with E-state index in [0.29, 0.717) is 0 Å². The Morgan fingerprint density at radius 2 is 2.14 bits per heavy atom. The maximum absolute atomic E-state index is 13.6. The van der Waals surface area contributed by atoms with Crippen LogP contribution in [0.3, 0.4) is 0 Å². The molecule has 2 aromatic rings. The quantitative estimate of drug-likeness (QED) is 0.668. The first-order chi connectivity index (χ1) is 9.88. The molecule has 0 aliphatic heterocycles. The van der Waals surface area contributed by atoms with Crippen LogP contribution in [-0.4, -0.2) is 15.8 Å². The van der Waals surface area contributed by atoms with Gasteiger partial charge in [-0.05, 0) is 12.1 Å². The molecule has 108 valence electrons. The molecule has 7 nitrogen and oxygen atoms in total. The number of aromatic nitrogens is 1. The van der Waals surface area contributed by atoms with Gasteiger partial charge >= 0.3 is 0 Å². The maximum atomic E-state index is 13.6. The molecule has 0 aliphatic carbocycles. The summed E-state index contributed by atoms with van der Waals surface area (Å²) in [5.74, 6) is -1.47. The van der Waals surface area contributed by atoms with E-state index in [2.05, 4.69) is 10.3 Å². The van der Waals surface area contributed by atoms with Crippen LogP contribution in [0.25, 0.3) is 0 Å². The number of nitrogens with two attached hydrogens (primary N) is 1. The van der Waals surface area contributed by atoms with Crippen molar-refractivity contribution in [2.45, 2.75) is 0 Å². The van der Waals surface area contributed by atoms with Gasteiger partial charge in [-0.3, -0.25) is 14.9 Å². The zero-order chi connectivity index (χ0) is 15.6. The van der Waals surface area contributed by atoms with E-state index in [1.54, 1.807) is 0 Å². The zero-order valence-electron chi connectivity index (χ0n) is 10.3. The molecule has 0 saturated heterocycles. The summed E-state index contributed by atoms with van der Waals surface area (Å²) in [5, 5.41) is 12.9. The van der Waals surface area contributed by atoms with Crippen molar-refractivity contribution < 1.29 is 14.1 Å². The average Bonchev–Trinajstić information content (AvgIpc) is 2.43. The van der Waals surface area contributed by atoms with Crippen molar-refractivity contribution >= 4 is 34.7 Å². The number of carbonyl (C=O) groups excluding carboxylic acids is 1. The molecule has 1 aromatic carbocycles. The summed E-state index contributed by atoms with van der Waals surface area (Å²) in [6.45, 7) is 0. The zero-order valence-corrected chi connectivity index (χ0v) is 11.1. The number of pyridine rings is 1. The Balaban J connectivity index is 2.28. The minimum absolute atomic E-state index is 0.0418. The fourth-order valence-electron chi connectivity index (χ4n) is 1.49. The highest BCUT2D eigenvalue weighted by atomic mass is 35.5. The van der Waals surface area contributed by atoms with E-state index in [-0.39, 0.29) is 27.8 Å². The Hall–Kier alpha value is -2.74. The molecule has 0 unspecified atom stereocenters. The van der Waals surface area contributed by atoms with Gasteiger partial charge in [0.25, 0.3) is 11.6 Å². The Morgan fingerprint density at radius 1 is 1.43 bits per heavy atom. The Kier molecular flexibility index (Phi) is 3.99. The number of nitro groups is 1. The fourth-order valence-corrected chi connectivity index (χ4v) is 1.66. The van der Waals surface area contributed by atoms with Gasteiger partial charge in [0.1, 0.15) is 11.6 Å². The molecular weight excluding hydrogens is 303 g/mol. The van der Waals surface area contributed by atoms with Crippen molar-refractivity contribution in [1.29, 1.82) is 0 Å². The van der Waals surface area contributed by atoms with Gasteiger partial charge in [-0.15, -0.1) is 0 Å². The van der Waals surface area contributed by atoms with Crippen molar-refractivity contribution in [3.63, 3.8) is 0 Å². The number of anilines is 2. The number of hydrogen-bond acceptors (Lipinski definition) is 5. The number of non-ortho nitro benzene ring substituents is 1. The monoisotopic (exact) mass is 310 g/mol. The van der Waals surface area contributed by atoms with E-state index in [1.807, 2.05) is 0 Å². The molecule has 2 rings (SSSR count). The van der Waals surface area contributed by atoms with Crippen LogP contribution in [-0.2, 0) is 0 Å². The van der Waals surface area contributed by atoms with Gasteiger partial charge < -0.3 is 11.1 Å². The largest absolute Gasteiger partial charge is 0.382 e. The fraction of sp³-hybridized carbons (Fsp3) is 0. The smallest absolute Gasteiger partial charge is 0.271 e. The molecule has 9 heteroatoms. The standard InChI is InChI=1S/C12H8ClFN4O3/c13-8-3-6(5-16-11(8)15)12(19)17-10-4-7(18(20)21)1-2-9(10)14/h1-5H,(H2,15,16)(H,17,19). The van der Waals surface area contributed by atoms with E-state index in [1.165, 1.54) is 6.07 Å². The Labute approximate surface area is 122 Å². The summed E-state index contributed by atoms with van der Waals surface area (Å²) >= 11 is 5.73. The third-order valence-electron chi connectivity index (χ3n) is 2.54. The first kappa shape index (κ1) is 14.7. The van der Waals surface area contributed by atoms with Crippen molar-refractivity contribution in [2.24, 2.45) is 0 Å². The van der Waals surface area contributed by atoms with Gasteiger partial charge in [0.15, 0.2) is 0 Å². The number of nitrogens with zero attached hydrogens (tertiary/aromatic N) is 2. The topological polar surface area (TPSA) is 111 Å². The van der Waals surface area contributed by atoms with Gasteiger partial charge in [-0.25, -0.2) is 9.37 Å². The van der Waals surface area contributed by atoms with Crippen LogP contribution in [0.4, 0.5) is 21.6 Å². The van der Waals surface area contributed by atoms with Crippen molar-refractivity contribution in [3.8, 4) is 0 Å². The van der Waals surface area contributed by atoms with Crippen LogP contribution in [0.15, 0.2) is 30.5 Å². The highest BCUT2D eigenvalue weighted by molar-refractivity contribution is 6.33. The number of nitro benzene ring substituents is 1. The average molecular weight is 311 g/mol. The minimum atomic E-state index is -0.802. The highest BCUT2D eigenvalue weighted by Gasteiger charge is 2.15. The first-order valence-corrected chi connectivity index (χ1v) is 5.92. The number of nitrogen functional groups attached to an aromatic ring is 1. The van der Waals surface area contributed by atoms with Crippen LogP contribution in [0.5, 0.6) is 0 Å². The van der Waals surface area contributed by atoms with Crippen molar-refractivity contribution in [2.75, 3.05) is 11.1 Å². The number of hydrogen-bond donors (Lipinski definition) is 2. The number of nitrogens with one attached hydrogen (secondary N) is 1. The lowest BCUT2D eigenvalue weighted by Gasteiger charge is -2.07. The van der Waals surface area contributed by atoms with Crippen LogP contribution in [0.1, 0.15) is 10.4 Å². The molecule has 0 fully saturated rings. The lowest BCUT2D eigenvalue weighted by Crippen LogP contribution is -2.14. The first-order valence-electron chi connectivity index (χ1n) is 5.55. The lowest BCUT2D eigenvalue weighted by molar-refractivity contribution is -0.384. The predicted molar refractivity (Wildman–Crippen MR) is 74.7 cm³/mol. The summed E-state index contributed by atoms with van der Waals surface area (Å²) in [5.41, 5.74) is 4.79. The van der Waals surface area contributed by atoms with E-state index < -0.39 is 16.6 Å². The number of benzene rings is 1. The maximum Gasteiger partial charge on any atom is 0.271 e. The van der Waals surface area contributed by atoms with Gasteiger partial charge in [-0.1, -0.05) is 11.6 Å². The van der Waals surface area contributed by atoms with Crippen LogP contribution < -0.4 is 11.1 Å². The molecule has 0 spiro atoms. The van der Waals surface area contributed by atoms with Gasteiger partial charge in [-0.2, -0.15) is 0 Å². The minimum Gasteiger partial charge on any atom is -0.382 e. The normalized spacial score (nSPS) is 10.2. The molecule has 0 saturated carbocycles. The Morgan fingerprint density at radius 3 is 2.76 bits per heavy atom. The van der Waals surface area contributed by atoms with Crippen LogP contribution in [0.2, 0.25) is 5.02 Å². The van der Waals surface area contributed by atoms with Crippen molar-refractivity contribution in [1.82, 2.24) is 4.98 Å². The van der Waals surface area contributed by atoms with Gasteiger partial charge in [0.2, 0.25) is 0 Å². The molecule has 1 heterocycles. The summed E-state index contributed by atoms with van der Waals surface area (Å²) in [4.78, 5) is 25.6. The molecule has 0 aliphatic rings. The van der Waals surface area contributed by atoms with E-state index in [0.717, 1.165) is 24.4 Å². The highest BCUT2D eigenvalue weighted by Crippen LogP contribution is 2.23. The summed E-state index contributed by atoms with van der Waals surface area (Å²) in [6, 6.07) is 4.06. The molecule has 1 aromatic heterocycles. The number of carbonyl (C=O) groups is 1. The van der Waals surface area contributed by atoms with Gasteiger partial charge in [0, 0.05) is 18.3 Å². The number of halogens is 2. The second kappa shape index (κ2) is 5.71. The molecule has 3 N–H and O–H groups in total. The lowest BCUT2D eigenvalue weighted by atomic mass is 10.2. The molecule has 0 bridgehead atoms. The molecular formula is C12H8ClFN4O3. The van der Waals surface area contributed by atoms with E-state index >= 15 is 0 Å². The van der Waals surface area contributed by atoms with Crippen LogP contribution in [0, 0.1) is 15.9 Å². The second-order valence-corrected chi connectivity index (χ2v) is 4.37. The second-order valence-electron chi connectivity index (χ2n) is 3.97. The molecule has 1 amide bonds. The van der Waals surface area contributed by atoms with E-state index in [9.17, 15) is 19.3 Å². The third-order valence-corrected chi connectivity index (χ3v) is 2.84. The number of amides is 1. The number of rotatable bonds is 3. The van der Waals surface area contributed by atoms with Gasteiger partial charge in [0.05, 0.1) is 21.2 Å². The Bertz CT molecular complexity index is 738. The third kappa shape index (κ3) is 3.23. The SMILES string of the molecule is Nc1ncc(C(=O)Nc2cc([N+](=O)[O-])ccc2F)cc1Cl. The molecule has 0 radical (unpaired) electrons. The summed E-state index contributed by atoms with van der Waals surface area (Å²) < 4.78 is 13.6.